The van der Waals surface area contributed by atoms with E-state index >= 15 is 0 Å². The number of para-hydroxylation sites is 1. The predicted octanol–water partition coefficient (Wildman–Crippen LogP) is 2.14. The van der Waals surface area contributed by atoms with Gasteiger partial charge in [-0.15, -0.1) is 0 Å². The lowest BCUT2D eigenvalue weighted by Gasteiger charge is -2.35. The van der Waals surface area contributed by atoms with Crippen molar-refractivity contribution in [3.8, 4) is 0 Å². The molecule has 0 radical (unpaired) electrons. The highest BCUT2D eigenvalue weighted by molar-refractivity contribution is 5.96. The first-order valence-electron chi connectivity index (χ1n) is 9.28. The smallest absolute Gasteiger partial charge is 0.258 e. The van der Waals surface area contributed by atoms with Crippen LogP contribution in [0.5, 0.6) is 0 Å². The number of nitrogens with one attached hydrogen (secondary N) is 1. The zero-order valence-electron chi connectivity index (χ0n) is 15.2. The largest absolute Gasteiger partial charge is 0.367 e. The predicted molar refractivity (Wildman–Crippen MR) is 108 cm³/mol. The van der Waals surface area contributed by atoms with Crippen LogP contribution < -0.4 is 10.5 Å². The summed E-state index contributed by atoms with van der Waals surface area (Å²) < 4.78 is 1.87. The van der Waals surface area contributed by atoms with E-state index in [1.54, 1.807) is 18.3 Å². The number of anilines is 1. The van der Waals surface area contributed by atoms with Gasteiger partial charge in [0, 0.05) is 38.6 Å². The van der Waals surface area contributed by atoms with Crippen molar-refractivity contribution < 1.29 is 4.79 Å². The summed E-state index contributed by atoms with van der Waals surface area (Å²) >= 11 is 0. The van der Waals surface area contributed by atoms with Crippen molar-refractivity contribution in [3.05, 3.63) is 77.0 Å². The van der Waals surface area contributed by atoms with Crippen LogP contribution in [0.2, 0.25) is 0 Å². The summed E-state index contributed by atoms with van der Waals surface area (Å²) in [5.74, 6) is -0.0144. The molecule has 1 amide bonds. The molecule has 1 N–H and O–H groups in total. The molecule has 0 bridgehead atoms. The molecule has 140 valence electrons. The number of rotatable bonds is 2. The average molecular weight is 373 g/mol. The van der Waals surface area contributed by atoms with Crippen LogP contribution in [0.4, 0.5) is 5.69 Å². The van der Waals surface area contributed by atoms with Gasteiger partial charge in [0.15, 0.2) is 0 Å². The van der Waals surface area contributed by atoms with E-state index in [4.69, 9.17) is 0 Å². The Balaban J connectivity index is 1.41. The van der Waals surface area contributed by atoms with E-state index in [2.05, 4.69) is 14.9 Å². The Bertz CT molecular complexity index is 1220. The van der Waals surface area contributed by atoms with E-state index in [0.717, 1.165) is 24.3 Å². The fourth-order valence-electron chi connectivity index (χ4n) is 3.83. The standard InChI is InChI=1S/C21H19N5O2/c27-20-17-5-1-2-6-18(17)26-14-15(12-19(26)23-20)21(28)25-10-8-24(9-11-25)16-4-3-7-22-13-16/h1-7,12-14H,8-11H2,(H,23,27). The minimum absolute atomic E-state index is 0.0144. The Morgan fingerprint density at radius 3 is 2.64 bits per heavy atom. The number of nitrogens with zero attached hydrogens (tertiary/aromatic N) is 4. The van der Waals surface area contributed by atoms with E-state index in [9.17, 15) is 9.59 Å². The van der Waals surface area contributed by atoms with Crippen molar-refractivity contribution >= 4 is 28.1 Å². The van der Waals surface area contributed by atoms with E-state index < -0.39 is 0 Å². The number of benzene rings is 1. The molecule has 1 saturated heterocycles. The molecule has 1 aliphatic rings. The van der Waals surface area contributed by atoms with Crippen LogP contribution in [0, 0.1) is 0 Å². The average Bonchev–Trinajstić information content (AvgIpc) is 3.18. The molecule has 1 aromatic carbocycles. The van der Waals surface area contributed by atoms with E-state index in [0.29, 0.717) is 29.7 Å². The normalized spacial score (nSPS) is 14.7. The summed E-state index contributed by atoms with van der Waals surface area (Å²) in [6.07, 6.45) is 5.41. The molecule has 3 aromatic heterocycles. The fraction of sp³-hybridized carbons (Fsp3) is 0.190. The molecular weight excluding hydrogens is 354 g/mol. The van der Waals surface area contributed by atoms with Gasteiger partial charge in [-0.2, -0.15) is 0 Å². The van der Waals surface area contributed by atoms with Gasteiger partial charge >= 0.3 is 0 Å². The van der Waals surface area contributed by atoms with Crippen molar-refractivity contribution in [1.29, 1.82) is 0 Å². The Hall–Kier alpha value is -3.61. The van der Waals surface area contributed by atoms with Gasteiger partial charge in [-0.05, 0) is 30.3 Å². The van der Waals surface area contributed by atoms with Crippen LogP contribution in [-0.4, -0.2) is 51.4 Å². The first-order valence-corrected chi connectivity index (χ1v) is 9.28. The molecule has 1 fully saturated rings. The summed E-state index contributed by atoms with van der Waals surface area (Å²) in [5, 5.41) is 0.606. The molecule has 1 aliphatic heterocycles. The van der Waals surface area contributed by atoms with E-state index in [-0.39, 0.29) is 11.5 Å². The SMILES string of the molecule is O=C(c1cc2[nH]c(=O)c3ccccc3n2c1)N1CCN(c2cccnc2)CC1. The molecule has 4 aromatic rings. The summed E-state index contributed by atoms with van der Waals surface area (Å²) in [6.45, 7) is 2.84. The minimum Gasteiger partial charge on any atom is -0.367 e. The Kier molecular flexibility index (Phi) is 3.86. The topological polar surface area (TPSA) is 73.7 Å². The van der Waals surface area contributed by atoms with Crippen LogP contribution >= 0.6 is 0 Å². The van der Waals surface area contributed by atoms with Gasteiger partial charge in [-0.1, -0.05) is 12.1 Å². The number of carbonyl (C=O) groups excluding carboxylic acids is 1. The van der Waals surface area contributed by atoms with Gasteiger partial charge in [-0.3, -0.25) is 14.6 Å². The first-order chi connectivity index (χ1) is 13.7. The van der Waals surface area contributed by atoms with Gasteiger partial charge in [0.05, 0.1) is 28.4 Å². The van der Waals surface area contributed by atoms with Crippen LogP contribution in [0.15, 0.2) is 65.8 Å². The van der Waals surface area contributed by atoms with Crippen LogP contribution in [-0.2, 0) is 0 Å². The summed E-state index contributed by atoms with van der Waals surface area (Å²) in [7, 11) is 0. The lowest BCUT2D eigenvalue weighted by molar-refractivity contribution is 0.0747. The van der Waals surface area contributed by atoms with Crippen LogP contribution in [0.3, 0.4) is 0 Å². The van der Waals surface area contributed by atoms with Gasteiger partial charge < -0.3 is 19.2 Å². The number of piperazine rings is 1. The zero-order valence-corrected chi connectivity index (χ0v) is 15.2. The highest BCUT2D eigenvalue weighted by atomic mass is 16.2. The number of aromatic amines is 1. The fourth-order valence-corrected chi connectivity index (χ4v) is 3.83. The van der Waals surface area contributed by atoms with E-state index in [1.807, 2.05) is 52.0 Å². The zero-order chi connectivity index (χ0) is 19.1. The number of aromatic nitrogens is 3. The van der Waals surface area contributed by atoms with Crippen molar-refractivity contribution in [2.24, 2.45) is 0 Å². The number of hydrogen-bond acceptors (Lipinski definition) is 4. The molecule has 0 aliphatic carbocycles. The Morgan fingerprint density at radius 1 is 1.04 bits per heavy atom. The van der Waals surface area contributed by atoms with E-state index in [1.165, 1.54) is 0 Å². The number of carbonyl (C=O) groups is 1. The van der Waals surface area contributed by atoms with Crippen LogP contribution in [0.1, 0.15) is 10.4 Å². The molecule has 0 atom stereocenters. The first kappa shape index (κ1) is 16.6. The summed E-state index contributed by atoms with van der Waals surface area (Å²) in [6, 6.07) is 13.1. The van der Waals surface area contributed by atoms with Crippen molar-refractivity contribution in [2.45, 2.75) is 0 Å². The number of hydrogen-bond donors (Lipinski definition) is 1. The molecule has 7 heteroatoms. The third kappa shape index (κ3) is 2.72. The molecule has 28 heavy (non-hydrogen) atoms. The number of amides is 1. The van der Waals surface area contributed by atoms with Gasteiger partial charge in [0.1, 0.15) is 5.65 Å². The second-order valence-corrected chi connectivity index (χ2v) is 6.95. The van der Waals surface area contributed by atoms with Gasteiger partial charge in [0.2, 0.25) is 0 Å². The second kappa shape index (κ2) is 6.53. The monoisotopic (exact) mass is 373 g/mol. The van der Waals surface area contributed by atoms with Gasteiger partial charge in [0.25, 0.3) is 11.5 Å². The maximum atomic E-state index is 13.0. The number of pyridine rings is 1. The quantitative estimate of drug-likeness (QED) is 0.584. The summed E-state index contributed by atoms with van der Waals surface area (Å²) in [5.41, 5.74) is 2.93. The Morgan fingerprint density at radius 2 is 1.86 bits per heavy atom. The molecule has 5 rings (SSSR count). The highest BCUT2D eigenvalue weighted by Crippen LogP contribution is 2.19. The number of fused-ring (bicyclic) bond motifs is 3. The summed E-state index contributed by atoms with van der Waals surface area (Å²) in [4.78, 5) is 36.4. The third-order valence-electron chi connectivity index (χ3n) is 5.29. The lowest BCUT2D eigenvalue weighted by Crippen LogP contribution is -2.48. The molecule has 0 unspecified atom stereocenters. The number of H-pyrrole nitrogens is 1. The molecule has 0 spiro atoms. The maximum Gasteiger partial charge on any atom is 0.258 e. The minimum atomic E-state index is -0.148. The molecule has 7 nitrogen and oxygen atoms in total. The highest BCUT2D eigenvalue weighted by Gasteiger charge is 2.23. The van der Waals surface area contributed by atoms with Crippen molar-refractivity contribution in [1.82, 2.24) is 19.3 Å². The Labute approximate surface area is 160 Å². The maximum absolute atomic E-state index is 13.0. The second-order valence-electron chi connectivity index (χ2n) is 6.95. The van der Waals surface area contributed by atoms with Gasteiger partial charge in [-0.25, -0.2) is 0 Å². The third-order valence-corrected chi connectivity index (χ3v) is 5.29. The van der Waals surface area contributed by atoms with Crippen LogP contribution in [0.25, 0.3) is 16.6 Å². The van der Waals surface area contributed by atoms with Crippen molar-refractivity contribution in [3.63, 3.8) is 0 Å². The molecule has 4 heterocycles. The lowest BCUT2D eigenvalue weighted by atomic mass is 10.2. The molecule has 0 saturated carbocycles. The molecular formula is C21H19N5O2. The van der Waals surface area contributed by atoms with Crippen molar-refractivity contribution in [2.75, 3.05) is 31.1 Å².